The number of thiazole rings is 1. The third-order valence-corrected chi connectivity index (χ3v) is 5.38. The first-order valence-corrected chi connectivity index (χ1v) is 8.18. The van der Waals surface area contributed by atoms with Gasteiger partial charge in [-0.25, -0.2) is 4.98 Å². The van der Waals surface area contributed by atoms with Gasteiger partial charge in [0.15, 0.2) is 0 Å². The number of aromatic nitrogens is 1. The minimum Gasteiger partial charge on any atom is -0.208 e. The zero-order valence-electron chi connectivity index (χ0n) is 12.0. The molecular weight excluding hydrogens is 269 g/mol. The van der Waals surface area contributed by atoms with Gasteiger partial charge in [-0.3, -0.25) is 0 Å². The zero-order valence-corrected chi connectivity index (χ0v) is 12.8. The average molecular weight is 289 g/mol. The van der Waals surface area contributed by atoms with E-state index in [-0.39, 0.29) is 5.95 Å². The van der Waals surface area contributed by atoms with Crippen molar-refractivity contribution in [3.63, 3.8) is 0 Å². The molecule has 0 radical (unpaired) electrons. The van der Waals surface area contributed by atoms with Crippen molar-refractivity contribution < 1.29 is 4.39 Å². The van der Waals surface area contributed by atoms with Crippen molar-refractivity contribution in [2.24, 2.45) is 5.92 Å². The molecule has 1 heterocycles. The van der Waals surface area contributed by atoms with Crippen LogP contribution in [0.3, 0.4) is 0 Å². The lowest BCUT2D eigenvalue weighted by Crippen LogP contribution is -2.10. The van der Waals surface area contributed by atoms with E-state index >= 15 is 0 Å². The second-order valence-electron chi connectivity index (χ2n) is 5.94. The first kappa shape index (κ1) is 13.7. The van der Waals surface area contributed by atoms with Gasteiger partial charge in [0.25, 0.3) is 0 Å². The van der Waals surface area contributed by atoms with Crippen LogP contribution in [0.5, 0.6) is 0 Å². The SMILES string of the molecule is Cc1sc(-c2ccc(C3CCC(C)CC3)cc2)nc1F. The molecule has 0 unspecified atom stereocenters. The highest BCUT2D eigenvalue weighted by Gasteiger charge is 2.19. The molecule has 3 rings (SSSR count). The molecule has 0 N–H and O–H groups in total. The van der Waals surface area contributed by atoms with Crippen molar-refractivity contribution in [2.75, 3.05) is 0 Å². The van der Waals surface area contributed by atoms with Crippen LogP contribution in [0.2, 0.25) is 0 Å². The second kappa shape index (κ2) is 5.65. The summed E-state index contributed by atoms with van der Waals surface area (Å²) in [5.74, 6) is 1.25. The fraction of sp³-hybridized carbons (Fsp3) is 0.471. The van der Waals surface area contributed by atoms with Gasteiger partial charge in [-0.2, -0.15) is 4.39 Å². The Balaban J connectivity index is 1.77. The first-order valence-electron chi connectivity index (χ1n) is 7.36. The second-order valence-corrected chi connectivity index (χ2v) is 7.15. The van der Waals surface area contributed by atoms with Crippen LogP contribution < -0.4 is 0 Å². The Hall–Kier alpha value is -1.22. The molecule has 2 aromatic rings. The normalized spacial score (nSPS) is 22.9. The predicted molar refractivity (Wildman–Crippen MR) is 82.6 cm³/mol. The van der Waals surface area contributed by atoms with Crippen LogP contribution in [0, 0.1) is 18.8 Å². The molecule has 1 aromatic heterocycles. The molecule has 1 fully saturated rings. The third kappa shape index (κ3) is 2.78. The molecule has 1 aliphatic carbocycles. The number of hydrogen-bond acceptors (Lipinski definition) is 2. The van der Waals surface area contributed by atoms with Crippen LogP contribution in [0.15, 0.2) is 24.3 Å². The molecule has 3 heteroatoms. The molecule has 0 bridgehead atoms. The summed E-state index contributed by atoms with van der Waals surface area (Å²) in [6.45, 7) is 4.12. The van der Waals surface area contributed by atoms with Crippen molar-refractivity contribution in [2.45, 2.75) is 45.4 Å². The molecule has 0 saturated heterocycles. The van der Waals surface area contributed by atoms with E-state index in [0.717, 1.165) is 16.5 Å². The topological polar surface area (TPSA) is 12.9 Å². The summed E-state index contributed by atoms with van der Waals surface area (Å²) >= 11 is 1.42. The standard InChI is InChI=1S/C17H20FNS/c1-11-3-5-13(6-4-11)14-7-9-15(10-8-14)17-19-16(18)12(2)20-17/h7-11,13H,3-6H2,1-2H3. The van der Waals surface area contributed by atoms with Gasteiger partial charge in [-0.1, -0.05) is 44.0 Å². The van der Waals surface area contributed by atoms with Crippen LogP contribution in [0.4, 0.5) is 4.39 Å². The zero-order chi connectivity index (χ0) is 14.1. The lowest BCUT2D eigenvalue weighted by molar-refractivity contribution is 0.348. The largest absolute Gasteiger partial charge is 0.227 e. The third-order valence-electron chi connectivity index (χ3n) is 4.38. The number of aryl methyl sites for hydroxylation is 1. The molecule has 1 aromatic carbocycles. The Morgan fingerprint density at radius 1 is 1.10 bits per heavy atom. The summed E-state index contributed by atoms with van der Waals surface area (Å²) in [5.41, 5.74) is 2.45. The molecule has 0 spiro atoms. The molecule has 1 saturated carbocycles. The smallest absolute Gasteiger partial charge is 0.208 e. The van der Waals surface area contributed by atoms with Crippen LogP contribution in [0.1, 0.15) is 49.0 Å². The quantitative estimate of drug-likeness (QED) is 0.706. The highest BCUT2D eigenvalue weighted by Crippen LogP contribution is 2.36. The van der Waals surface area contributed by atoms with Crippen molar-refractivity contribution in [1.29, 1.82) is 0 Å². The molecule has 1 aliphatic rings. The minimum absolute atomic E-state index is 0.338. The predicted octanol–water partition coefficient (Wildman–Crippen LogP) is 5.55. The summed E-state index contributed by atoms with van der Waals surface area (Å²) in [5, 5.41) is 0.781. The van der Waals surface area contributed by atoms with Crippen LogP contribution in [0.25, 0.3) is 10.6 Å². The van der Waals surface area contributed by atoms with Gasteiger partial charge in [0.1, 0.15) is 5.01 Å². The van der Waals surface area contributed by atoms with E-state index in [2.05, 4.69) is 36.2 Å². The summed E-state index contributed by atoms with van der Waals surface area (Å²) < 4.78 is 13.3. The highest BCUT2D eigenvalue weighted by molar-refractivity contribution is 7.15. The molecular formula is C17H20FNS. The van der Waals surface area contributed by atoms with E-state index in [1.807, 2.05) is 0 Å². The van der Waals surface area contributed by atoms with Gasteiger partial charge >= 0.3 is 0 Å². The molecule has 0 atom stereocenters. The number of benzene rings is 1. The van der Waals surface area contributed by atoms with E-state index < -0.39 is 0 Å². The van der Waals surface area contributed by atoms with Crippen molar-refractivity contribution in [3.05, 3.63) is 40.7 Å². The summed E-state index contributed by atoms with van der Waals surface area (Å²) in [7, 11) is 0. The van der Waals surface area contributed by atoms with Gasteiger partial charge in [0, 0.05) is 5.56 Å². The average Bonchev–Trinajstić information content (AvgIpc) is 2.80. The van der Waals surface area contributed by atoms with E-state index in [4.69, 9.17) is 0 Å². The minimum atomic E-state index is -0.338. The maximum atomic E-state index is 13.3. The Bertz CT molecular complexity index is 560. The first-order chi connectivity index (χ1) is 9.63. The fourth-order valence-corrected chi connectivity index (χ4v) is 3.79. The molecule has 106 valence electrons. The van der Waals surface area contributed by atoms with Gasteiger partial charge in [-0.05, 0) is 37.2 Å². The molecule has 20 heavy (non-hydrogen) atoms. The lowest BCUT2D eigenvalue weighted by Gasteiger charge is -2.26. The maximum absolute atomic E-state index is 13.3. The number of nitrogens with zero attached hydrogens (tertiary/aromatic N) is 1. The van der Waals surface area contributed by atoms with Crippen molar-refractivity contribution >= 4 is 11.3 Å². The molecule has 1 nitrogen and oxygen atoms in total. The Morgan fingerprint density at radius 3 is 2.30 bits per heavy atom. The number of rotatable bonds is 2. The lowest BCUT2D eigenvalue weighted by atomic mass is 9.79. The molecule has 0 amide bonds. The highest BCUT2D eigenvalue weighted by atomic mass is 32.1. The Labute approximate surface area is 123 Å². The summed E-state index contributed by atoms with van der Waals surface area (Å²) in [6, 6.07) is 8.57. The van der Waals surface area contributed by atoms with Gasteiger partial charge in [-0.15, -0.1) is 11.3 Å². The van der Waals surface area contributed by atoms with E-state index in [1.165, 1.54) is 42.6 Å². The molecule has 0 aliphatic heterocycles. The maximum Gasteiger partial charge on any atom is 0.227 e. The van der Waals surface area contributed by atoms with Crippen LogP contribution >= 0.6 is 11.3 Å². The van der Waals surface area contributed by atoms with E-state index in [1.54, 1.807) is 6.92 Å². The summed E-state index contributed by atoms with van der Waals surface area (Å²) in [6.07, 6.45) is 5.27. The van der Waals surface area contributed by atoms with E-state index in [0.29, 0.717) is 10.8 Å². The van der Waals surface area contributed by atoms with Gasteiger partial charge < -0.3 is 0 Å². The van der Waals surface area contributed by atoms with Crippen LogP contribution in [-0.4, -0.2) is 4.98 Å². The van der Waals surface area contributed by atoms with Crippen molar-refractivity contribution in [3.8, 4) is 10.6 Å². The Morgan fingerprint density at radius 2 is 1.75 bits per heavy atom. The number of hydrogen-bond donors (Lipinski definition) is 0. The van der Waals surface area contributed by atoms with E-state index in [9.17, 15) is 4.39 Å². The Kier molecular flexibility index (Phi) is 3.88. The van der Waals surface area contributed by atoms with Crippen LogP contribution in [-0.2, 0) is 0 Å². The summed E-state index contributed by atoms with van der Waals surface area (Å²) in [4.78, 5) is 4.64. The van der Waals surface area contributed by atoms with Gasteiger partial charge in [0.2, 0.25) is 5.95 Å². The van der Waals surface area contributed by atoms with Crippen molar-refractivity contribution in [1.82, 2.24) is 4.98 Å². The fourth-order valence-electron chi connectivity index (χ4n) is 2.99. The monoisotopic (exact) mass is 289 g/mol. The number of halogens is 1. The van der Waals surface area contributed by atoms with Gasteiger partial charge in [0.05, 0.1) is 4.88 Å².